The summed E-state index contributed by atoms with van der Waals surface area (Å²) < 4.78 is 0. The summed E-state index contributed by atoms with van der Waals surface area (Å²) in [7, 11) is 1.94. The number of benzene rings is 1. The van der Waals surface area contributed by atoms with Gasteiger partial charge in [-0.05, 0) is 30.7 Å². The van der Waals surface area contributed by atoms with Gasteiger partial charge in [0.25, 0.3) is 0 Å². The molecule has 0 aromatic heterocycles. The van der Waals surface area contributed by atoms with E-state index in [0.717, 1.165) is 24.7 Å². The number of alkyl halides is 1. The summed E-state index contributed by atoms with van der Waals surface area (Å²) in [6.07, 6.45) is 4.51. The summed E-state index contributed by atoms with van der Waals surface area (Å²) in [4.78, 5) is 14.2. The summed E-state index contributed by atoms with van der Waals surface area (Å²) >= 11 is 3.43. The number of halogens is 1. The zero-order valence-corrected chi connectivity index (χ0v) is 13.1. The predicted octanol–water partition coefficient (Wildman–Crippen LogP) is 3.81. The fourth-order valence-corrected chi connectivity index (χ4v) is 2.95. The monoisotopic (exact) mass is 323 g/mol. The molecule has 1 saturated carbocycles. The SMILES string of the molecule is CN(CCCCCBr)C(=O)C1CC1c1ccccc1. The lowest BCUT2D eigenvalue weighted by atomic mass is 10.1. The highest BCUT2D eigenvalue weighted by atomic mass is 79.9. The van der Waals surface area contributed by atoms with Crippen LogP contribution in [0.3, 0.4) is 0 Å². The average Bonchev–Trinajstić information content (AvgIpc) is 3.24. The van der Waals surface area contributed by atoms with E-state index in [9.17, 15) is 4.79 Å². The van der Waals surface area contributed by atoms with Crippen molar-refractivity contribution in [2.24, 2.45) is 5.92 Å². The van der Waals surface area contributed by atoms with E-state index in [1.54, 1.807) is 0 Å². The maximum Gasteiger partial charge on any atom is 0.226 e. The molecule has 2 rings (SSSR count). The summed E-state index contributed by atoms with van der Waals surface area (Å²) in [5, 5.41) is 1.06. The molecule has 1 aromatic rings. The Bertz CT molecular complexity index is 406. The van der Waals surface area contributed by atoms with Gasteiger partial charge in [-0.15, -0.1) is 0 Å². The number of rotatable bonds is 7. The largest absolute Gasteiger partial charge is 0.346 e. The average molecular weight is 324 g/mol. The molecule has 2 nitrogen and oxygen atoms in total. The minimum absolute atomic E-state index is 0.226. The third-order valence-electron chi connectivity index (χ3n) is 3.84. The van der Waals surface area contributed by atoms with Crippen LogP contribution in [0.25, 0.3) is 0 Å². The lowest BCUT2D eigenvalue weighted by molar-refractivity contribution is -0.131. The van der Waals surface area contributed by atoms with E-state index in [-0.39, 0.29) is 5.92 Å². The zero-order chi connectivity index (χ0) is 13.7. The molecule has 1 aliphatic carbocycles. The van der Waals surface area contributed by atoms with E-state index >= 15 is 0 Å². The maximum atomic E-state index is 12.3. The second kappa shape index (κ2) is 7.09. The first-order valence-corrected chi connectivity index (χ1v) is 8.22. The van der Waals surface area contributed by atoms with Crippen LogP contribution in [0.15, 0.2) is 30.3 Å². The van der Waals surface area contributed by atoms with Crippen molar-refractivity contribution in [1.82, 2.24) is 4.90 Å². The van der Waals surface area contributed by atoms with Crippen LogP contribution in [0.1, 0.15) is 37.2 Å². The molecule has 0 spiro atoms. The fourth-order valence-electron chi connectivity index (χ4n) is 2.55. The number of amides is 1. The third-order valence-corrected chi connectivity index (χ3v) is 4.40. The van der Waals surface area contributed by atoms with Crippen molar-refractivity contribution in [2.75, 3.05) is 18.9 Å². The Hall–Kier alpha value is -0.830. The second-order valence-electron chi connectivity index (χ2n) is 5.37. The van der Waals surface area contributed by atoms with Gasteiger partial charge in [-0.2, -0.15) is 0 Å². The van der Waals surface area contributed by atoms with E-state index in [1.807, 2.05) is 18.0 Å². The Labute approximate surface area is 124 Å². The van der Waals surface area contributed by atoms with E-state index in [2.05, 4.69) is 40.2 Å². The van der Waals surface area contributed by atoms with E-state index in [1.165, 1.54) is 18.4 Å². The normalized spacial score (nSPS) is 21.2. The van der Waals surface area contributed by atoms with Gasteiger partial charge >= 0.3 is 0 Å². The number of hydrogen-bond donors (Lipinski definition) is 0. The van der Waals surface area contributed by atoms with Gasteiger partial charge < -0.3 is 4.90 Å². The molecule has 0 radical (unpaired) electrons. The highest BCUT2D eigenvalue weighted by molar-refractivity contribution is 9.09. The van der Waals surface area contributed by atoms with Crippen LogP contribution < -0.4 is 0 Å². The van der Waals surface area contributed by atoms with Crippen LogP contribution in [-0.4, -0.2) is 29.7 Å². The van der Waals surface area contributed by atoms with Gasteiger partial charge in [0, 0.05) is 24.8 Å². The van der Waals surface area contributed by atoms with Gasteiger partial charge in [-0.1, -0.05) is 52.7 Å². The molecule has 0 bridgehead atoms. The number of carbonyl (C=O) groups excluding carboxylic acids is 1. The van der Waals surface area contributed by atoms with Crippen LogP contribution in [0.5, 0.6) is 0 Å². The van der Waals surface area contributed by atoms with E-state index < -0.39 is 0 Å². The Kier molecular flexibility index (Phi) is 5.44. The molecular formula is C16H22BrNO. The summed E-state index contributed by atoms with van der Waals surface area (Å²) in [5.74, 6) is 1.01. The smallest absolute Gasteiger partial charge is 0.226 e. The maximum absolute atomic E-state index is 12.3. The van der Waals surface area contributed by atoms with Crippen molar-refractivity contribution in [3.8, 4) is 0 Å². The molecule has 0 aliphatic heterocycles. The zero-order valence-electron chi connectivity index (χ0n) is 11.5. The van der Waals surface area contributed by atoms with Crippen molar-refractivity contribution in [1.29, 1.82) is 0 Å². The van der Waals surface area contributed by atoms with Crippen molar-refractivity contribution < 1.29 is 4.79 Å². The highest BCUT2D eigenvalue weighted by Gasteiger charge is 2.44. The van der Waals surface area contributed by atoms with Crippen molar-refractivity contribution >= 4 is 21.8 Å². The van der Waals surface area contributed by atoms with E-state index in [4.69, 9.17) is 0 Å². The van der Waals surface area contributed by atoms with Crippen molar-refractivity contribution in [3.63, 3.8) is 0 Å². The van der Waals surface area contributed by atoms with Gasteiger partial charge in [0.15, 0.2) is 0 Å². The highest BCUT2D eigenvalue weighted by Crippen LogP contribution is 2.48. The molecule has 2 unspecified atom stereocenters. The minimum Gasteiger partial charge on any atom is -0.346 e. The van der Waals surface area contributed by atoms with Gasteiger partial charge in [-0.25, -0.2) is 0 Å². The van der Waals surface area contributed by atoms with E-state index in [0.29, 0.717) is 11.8 Å². The first kappa shape index (κ1) is 14.6. The topological polar surface area (TPSA) is 20.3 Å². The minimum atomic E-state index is 0.226. The van der Waals surface area contributed by atoms with Gasteiger partial charge in [0.05, 0.1) is 0 Å². The number of carbonyl (C=O) groups is 1. The first-order valence-electron chi connectivity index (χ1n) is 7.10. The first-order chi connectivity index (χ1) is 9.24. The molecule has 0 heterocycles. The Morgan fingerprint density at radius 3 is 2.68 bits per heavy atom. The van der Waals surface area contributed by atoms with Crippen LogP contribution in [0.4, 0.5) is 0 Å². The molecule has 0 saturated heterocycles. The Morgan fingerprint density at radius 1 is 1.26 bits per heavy atom. The van der Waals surface area contributed by atoms with Gasteiger partial charge in [0.2, 0.25) is 5.91 Å². The van der Waals surface area contributed by atoms with Crippen molar-refractivity contribution in [2.45, 2.75) is 31.6 Å². The third kappa shape index (κ3) is 4.07. The molecule has 1 fully saturated rings. The molecule has 1 amide bonds. The molecule has 0 N–H and O–H groups in total. The second-order valence-corrected chi connectivity index (χ2v) is 6.16. The fraction of sp³-hybridized carbons (Fsp3) is 0.562. The molecular weight excluding hydrogens is 302 g/mol. The van der Waals surface area contributed by atoms with Crippen LogP contribution in [-0.2, 0) is 4.79 Å². The lowest BCUT2D eigenvalue weighted by Gasteiger charge is -2.17. The standard InChI is InChI=1S/C16H22BrNO/c1-18(11-7-3-6-10-17)16(19)15-12-14(15)13-8-4-2-5-9-13/h2,4-5,8-9,14-15H,3,6-7,10-12H2,1H3. The van der Waals surface area contributed by atoms with Crippen molar-refractivity contribution in [3.05, 3.63) is 35.9 Å². The van der Waals surface area contributed by atoms with Crippen LogP contribution >= 0.6 is 15.9 Å². The molecule has 19 heavy (non-hydrogen) atoms. The number of nitrogens with zero attached hydrogens (tertiary/aromatic N) is 1. The summed E-state index contributed by atoms with van der Waals surface area (Å²) in [6, 6.07) is 10.4. The Morgan fingerprint density at radius 2 is 2.00 bits per heavy atom. The molecule has 1 aliphatic rings. The van der Waals surface area contributed by atoms with Gasteiger partial charge in [0.1, 0.15) is 0 Å². The lowest BCUT2D eigenvalue weighted by Crippen LogP contribution is -2.29. The van der Waals surface area contributed by atoms with Crippen LogP contribution in [0.2, 0.25) is 0 Å². The summed E-state index contributed by atoms with van der Waals surface area (Å²) in [5.41, 5.74) is 1.31. The molecule has 104 valence electrons. The number of hydrogen-bond acceptors (Lipinski definition) is 1. The molecule has 2 atom stereocenters. The summed E-state index contributed by atoms with van der Waals surface area (Å²) in [6.45, 7) is 0.893. The molecule has 1 aromatic carbocycles. The Balaban J connectivity index is 1.76. The predicted molar refractivity (Wildman–Crippen MR) is 82.6 cm³/mol. The van der Waals surface area contributed by atoms with Crippen LogP contribution in [0, 0.1) is 5.92 Å². The number of unbranched alkanes of at least 4 members (excludes halogenated alkanes) is 2. The quantitative estimate of drug-likeness (QED) is 0.552. The molecule has 3 heteroatoms. The van der Waals surface area contributed by atoms with Gasteiger partial charge in [-0.3, -0.25) is 4.79 Å².